The number of hydrogen-bond donors (Lipinski definition) is 1. The van der Waals surface area contributed by atoms with Crippen LogP contribution < -0.4 is 5.73 Å². The van der Waals surface area contributed by atoms with Crippen LogP contribution in [0.3, 0.4) is 0 Å². The molecule has 0 saturated heterocycles. The summed E-state index contributed by atoms with van der Waals surface area (Å²) in [4.78, 5) is 0. The van der Waals surface area contributed by atoms with Crippen LogP contribution in [-0.2, 0) is 0 Å². The Balaban J connectivity index is 2.76. The first kappa shape index (κ1) is 9.57. The average molecular weight is 171 g/mol. The molecule has 1 nitrogen and oxygen atoms in total. The summed E-state index contributed by atoms with van der Waals surface area (Å²) in [6, 6.07) is 7.89. The molecular weight excluding hydrogens is 158 g/mol. The second-order valence-corrected chi connectivity index (χ2v) is 2.98. The number of nitrogens with two attached hydrogens (primary N) is 1. The van der Waals surface area contributed by atoms with E-state index in [0.29, 0.717) is 0 Å². The van der Waals surface area contributed by atoms with E-state index in [1.165, 1.54) is 0 Å². The fourth-order valence-electron chi connectivity index (χ4n) is 0.953. The van der Waals surface area contributed by atoms with E-state index in [2.05, 4.69) is 5.92 Å². The molecule has 1 aromatic rings. The highest BCUT2D eigenvalue weighted by molar-refractivity contribution is 5.51. The van der Waals surface area contributed by atoms with Gasteiger partial charge in [0.1, 0.15) is 0 Å². The van der Waals surface area contributed by atoms with E-state index in [4.69, 9.17) is 12.2 Å². The molecule has 1 atom stereocenters. The average Bonchev–Trinajstić information content (AvgIpc) is 2.15. The highest BCUT2D eigenvalue weighted by Crippen LogP contribution is 2.05. The summed E-state index contributed by atoms with van der Waals surface area (Å²) in [5, 5.41) is 0. The molecule has 0 radical (unpaired) electrons. The van der Waals surface area contributed by atoms with Gasteiger partial charge in [-0.2, -0.15) is 0 Å². The van der Waals surface area contributed by atoms with Crippen molar-refractivity contribution in [1.29, 1.82) is 0 Å². The van der Waals surface area contributed by atoms with E-state index in [0.717, 1.165) is 11.1 Å². The summed E-state index contributed by atoms with van der Waals surface area (Å²) in [7, 11) is 0. The maximum atomic E-state index is 5.58. The summed E-state index contributed by atoms with van der Waals surface area (Å²) in [6.45, 7) is 1.94. The van der Waals surface area contributed by atoms with Crippen molar-refractivity contribution in [3.05, 3.63) is 41.5 Å². The zero-order valence-corrected chi connectivity index (χ0v) is 7.70. The Morgan fingerprint density at radius 2 is 2.00 bits per heavy atom. The van der Waals surface area contributed by atoms with E-state index < -0.39 is 0 Å². The highest BCUT2D eigenvalue weighted by Gasteiger charge is 1.88. The zero-order valence-electron chi connectivity index (χ0n) is 7.70. The van der Waals surface area contributed by atoms with Gasteiger partial charge >= 0.3 is 0 Å². The van der Waals surface area contributed by atoms with Crippen LogP contribution >= 0.6 is 0 Å². The van der Waals surface area contributed by atoms with Gasteiger partial charge < -0.3 is 5.73 Å². The first-order chi connectivity index (χ1) is 6.22. The molecule has 66 valence electrons. The van der Waals surface area contributed by atoms with Gasteiger partial charge in [-0.3, -0.25) is 0 Å². The third kappa shape index (κ3) is 3.14. The van der Waals surface area contributed by atoms with Crippen LogP contribution in [0, 0.1) is 12.3 Å². The second kappa shape index (κ2) is 4.49. The first-order valence-corrected chi connectivity index (χ1v) is 4.23. The predicted octanol–water partition coefficient (Wildman–Crippen LogP) is 2.03. The van der Waals surface area contributed by atoms with Crippen LogP contribution in [0.15, 0.2) is 30.3 Å². The van der Waals surface area contributed by atoms with Crippen LogP contribution in [-0.4, -0.2) is 6.04 Å². The van der Waals surface area contributed by atoms with Crippen molar-refractivity contribution in [3.8, 4) is 12.3 Å². The molecule has 0 aliphatic heterocycles. The summed E-state index contributed by atoms with van der Waals surface area (Å²) in [5.74, 6) is 2.57. The molecule has 0 spiro atoms. The maximum Gasteiger partial charge on any atom is 0.0243 e. The van der Waals surface area contributed by atoms with Crippen LogP contribution in [0.4, 0.5) is 0 Å². The number of terminal acetylenes is 1. The minimum atomic E-state index is 0.0901. The fourth-order valence-corrected chi connectivity index (χ4v) is 0.953. The zero-order chi connectivity index (χ0) is 9.68. The van der Waals surface area contributed by atoms with Gasteiger partial charge in [0.2, 0.25) is 0 Å². The van der Waals surface area contributed by atoms with Crippen molar-refractivity contribution in [1.82, 2.24) is 0 Å². The van der Waals surface area contributed by atoms with Gasteiger partial charge in [-0.25, -0.2) is 0 Å². The molecule has 0 amide bonds. The van der Waals surface area contributed by atoms with Crippen LogP contribution in [0.25, 0.3) is 6.08 Å². The van der Waals surface area contributed by atoms with Gasteiger partial charge in [0.15, 0.2) is 0 Å². The Bertz CT molecular complexity index is 325. The Kier molecular flexibility index (Phi) is 3.31. The number of benzene rings is 1. The molecule has 2 N–H and O–H groups in total. The molecule has 1 heteroatoms. The SMILES string of the molecule is C#Cc1ccc(/C=C/C(C)N)cc1. The Labute approximate surface area is 79.3 Å². The Morgan fingerprint density at radius 3 is 2.46 bits per heavy atom. The van der Waals surface area contributed by atoms with E-state index in [-0.39, 0.29) is 6.04 Å². The van der Waals surface area contributed by atoms with Gasteiger partial charge in [0, 0.05) is 11.6 Å². The van der Waals surface area contributed by atoms with Crippen molar-refractivity contribution in [2.45, 2.75) is 13.0 Å². The minimum Gasteiger partial charge on any atom is -0.325 e. The lowest BCUT2D eigenvalue weighted by atomic mass is 10.1. The summed E-state index contributed by atoms with van der Waals surface area (Å²) < 4.78 is 0. The fraction of sp³-hybridized carbons (Fsp3) is 0.167. The quantitative estimate of drug-likeness (QED) is 0.677. The normalized spacial score (nSPS) is 12.7. The lowest BCUT2D eigenvalue weighted by Gasteiger charge is -1.96. The third-order valence-electron chi connectivity index (χ3n) is 1.67. The van der Waals surface area contributed by atoms with Crippen molar-refractivity contribution >= 4 is 6.08 Å². The van der Waals surface area contributed by atoms with Crippen LogP contribution in [0.5, 0.6) is 0 Å². The van der Waals surface area contributed by atoms with Gasteiger partial charge in [0.05, 0.1) is 0 Å². The molecule has 1 aromatic carbocycles. The van der Waals surface area contributed by atoms with Gasteiger partial charge in [-0.1, -0.05) is 30.2 Å². The van der Waals surface area contributed by atoms with Crippen molar-refractivity contribution < 1.29 is 0 Å². The largest absolute Gasteiger partial charge is 0.325 e. The first-order valence-electron chi connectivity index (χ1n) is 4.23. The third-order valence-corrected chi connectivity index (χ3v) is 1.67. The van der Waals surface area contributed by atoms with E-state index >= 15 is 0 Å². The van der Waals surface area contributed by atoms with Gasteiger partial charge in [-0.15, -0.1) is 6.42 Å². The molecule has 0 fully saturated rings. The Morgan fingerprint density at radius 1 is 1.38 bits per heavy atom. The number of rotatable bonds is 2. The maximum absolute atomic E-state index is 5.58. The van der Waals surface area contributed by atoms with Crippen molar-refractivity contribution in [2.24, 2.45) is 5.73 Å². The molecule has 0 aromatic heterocycles. The molecule has 0 heterocycles. The lowest BCUT2D eigenvalue weighted by molar-refractivity contribution is 0.931. The lowest BCUT2D eigenvalue weighted by Crippen LogP contribution is -2.09. The summed E-state index contributed by atoms with van der Waals surface area (Å²) in [5.41, 5.74) is 7.60. The second-order valence-electron chi connectivity index (χ2n) is 2.98. The molecule has 1 unspecified atom stereocenters. The topological polar surface area (TPSA) is 26.0 Å². The molecule has 1 rings (SSSR count). The molecule has 13 heavy (non-hydrogen) atoms. The van der Waals surface area contributed by atoms with Gasteiger partial charge in [0.25, 0.3) is 0 Å². The summed E-state index contributed by atoms with van der Waals surface area (Å²) in [6.07, 6.45) is 9.17. The van der Waals surface area contributed by atoms with Crippen LogP contribution in [0.1, 0.15) is 18.1 Å². The highest BCUT2D eigenvalue weighted by atomic mass is 14.6. The molecular formula is C12H13N. The monoisotopic (exact) mass is 171 g/mol. The number of hydrogen-bond acceptors (Lipinski definition) is 1. The molecule has 0 saturated carbocycles. The minimum absolute atomic E-state index is 0.0901. The summed E-state index contributed by atoms with van der Waals surface area (Å²) >= 11 is 0. The van der Waals surface area contributed by atoms with E-state index in [1.807, 2.05) is 43.3 Å². The van der Waals surface area contributed by atoms with Crippen LogP contribution in [0.2, 0.25) is 0 Å². The van der Waals surface area contributed by atoms with E-state index in [1.54, 1.807) is 0 Å². The standard InChI is InChI=1S/C12H13N/c1-3-11-6-8-12(9-7-11)5-4-10(2)13/h1,4-10H,13H2,2H3/b5-4+. The van der Waals surface area contributed by atoms with E-state index in [9.17, 15) is 0 Å². The Hall–Kier alpha value is -1.52. The molecule has 0 aliphatic carbocycles. The molecule has 0 aliphatic rings. The van der Waals surface area contributed by atoms with Crippen molar-refractivity contribution in [2.75, 3.05) is 0 Å². The van der Waals surface area contributed by atoms with Gasteiger partial charge in [-0.05, 0) is 24.6 Å². The predicted molar refractivity (Wildman–Crippen MR) is 57.1 cm³/mol. The molecule has 0 bridgehead atoms. The van der Waals surface area contributed by atoms with Crippen molar-refractivity contribution in [3.63, 3.8) is 0 Å². The smallest absolute Gasteiger partial charge is 0.0243 e.